The van der Waals surface area contributed by atoms with Crippen molar-refractivity contribution in [2.45, 2.75) is 17.8 Å². The first-order valence-corrected chi connectivity index (χ1v) is 11.3. The molecule has 0 N–H and O–H groups in total. The van der Waals surface area contributed by atoms with E-state index in [1.54, 1.807) is 23.1 Å². The zero-order valence-corrected chi connectivity index (χ0v) is 17.6. The highest BCUT2D eigenvalue weighted by Gasteiger charge is 2.17. The highest BCUT2D eigenvalue weighted by Crippen LogP contribution is 2.33. The summed E-state index contributed by atoms with van der Waals surface area (Å²) in [5, 5.41) is 14.6. The largest absolute Gasteiger partial charge is 0.269 e. The third-order valence-corrected chi connectivity index (χ3v) is 6.75. The number of hydrogen-bond donors (Lipinski definition) is 0. The van der Waals surface area contributed by atoms with Crippen LogP contribution in [-0.4, -0.2) is 14.8 Å². The van der Waals surface area contributed by atoms with Gasteiger partial charge in [0.1, 0.15) is 0 Å². The summed E-state index contributed by atoms with van der Waals surface area (Å²) in [7, 11) is 0. The second-order valence-corrected chi connectivity index (χ2v) is 8.77. The Labute approximate surface area is 178 Å². The lowest BCUT2D eigenvalue weighted by Gasteiger charge is -2.11. The molecule has 0 unspecified atom stereocenters. The van der Waals surface area contributed by atoms with Gasteiger partial charge in [-0.05, 0) is 46.8 Å². The predicted molar refractivity (Wildman–Crippen MR) is 123 cm³/mol. The number of hydrogen-bond acceptors (Lipinski definition) is 4. The molecule has 0 atom stereocenters. The summed E-state index contributed by atoms with van der Waals surface area (Å²) in [6.45, 7) is 2.10. The van der Waals surface area contributed by atoms with Crippen LogP contribution in [0.2, 0.25) is 0 Å². The lowest BCUT2D eigenvalue weighted by molar-refractivity contribution is 0.886. The van der Waals surface area contributed by atoms with Gasteiger partial charge in [0.05, 0.1) is 4.88 Å². The third-order valence-electron chi connectivity index (χ3n) is 4.90. The van der Waals surface area contributed by atoms with Gasteiger partial charge in [-0.1, -0.05) is 78.0 Å². The Morgan fingerprint density at radius 1 is 0.862 bits per heavy atom. The summed E-state index contributed by atoms with van der Waals surface area (Å²) in [5.41, 5.74) is 3.64. The van der Waals surface area contributed by atoms with Crippen molar-refractivity contribution >= 4 is 33.9 Å². The van der Waals surface area contributed by atoms with Crippen LogP contribution >= 0.6 is 23.1 Å². The van der Waals surface area contributed by atoms with Crippen LogP contribution in [0.25, 0.3) is 27.2 Å². The molecule has 0 aliphatic rings. The van der Waals surface area contributed by atoms with Crippen LogP contribution in [0.5, 0.6) is 0 Å². The second kappa shape index (κ2) is 7.85. The molecule has 3 aromatic carbocycles. The molecule has 0 saturated carbocycles. The minimum atomic E-state index is 0.843. The molecule has 0 saturated heterocycles. The van der Waals surface area contributed by atoms with E-state index in [2.05, 4.69) is 106 Å². The number of thiophene rings is 1. The summed E-state index contributed by atoms with van der Waals surface area (Å²) in [4.78, 5) is 1.12. The molecule has 2 heterocycles. The van der Waals surface area contributed by atoms with Gasteiger partial charge >= 0.3 is 0 Å². The number of benzene rings is 3. The highest BCUT2D eigenvalue weighted by atomic mass is 32.2. The highest BCUT2D eigenvalue weighted by molar-refractivity contribution is 7.98. The molecule has 0 aliphatic carbocycles. The Morgan fingerprint density at radius 2 is 1.69 bits per heavy atom. The van der Waals surface area contributed by atoms with Crippen LogP contribution in [0.15, 0.2) is 89.4 Å². The molecule has 2 aromatic heterocycles. The van der Waals surface area contributed by atoms with Crippen LogP contribution in [-0.2, 0) is 5.75 Å². The molecule has 5 heteroatoms. The maximum absolute atomic E-state index is 4.55. The van der Waals surface area contributed by atoms with Gasteiger partial charge in [0.15, 0.2) is 11.0 Å². The van der Waals surface area contributed by atoms with E-state index < -0.39 is 0 Å². The Kier molecular flexibility index (Phi) is 4.92. The minimum Gasteiger partial charge on any atom is -0.269 e. The van der Waals surface area contributed by atoms with Gasteiger partial charge in [-0.2, -0.15) is 0 Å². The summed E-state index contributed by atoms with van der Waals surface area (Å²) in [6, 6.07) is 27.7. The normalized spacial score (nSPS) is 11.2. The SMILES string of the molecule is Cc1ccc(-n2c(SCc3cccc4ccccc34)nnc2-c2cccs2)cc1. The van der Waals surface area contributed by atoms with Crippen LogP contribution in [0.3, 0.4) is 0 Å². The van der Waals surface area contributed by atoms with E-state index in [0.717, 1.165) is 27.3 Å². The monoisotopic (exact) mass is 413 g/mol. The fourth-order valence-corrected chi connectivity index (χ4v) is 5.07. The molecule has 0 radical (unpaired) electrons. The lowest BCUT2D eigenvalue weighted by atomic mass is 10.1. The van der Waals surface area contributed by atoms with Gasteiger partial charge in [0.25, 0.3) is 0 Å². The maximum Gasteiger partial charge on any atom is 0.196 e. The number of rotatable bonds is 5. The molecule has 3 nitrogen and oxygen atoms in total. The molecule has 0 aliphatic heterocycles. The van der Waals surface area contributed by atoms with Crippen LogP contribution in [0, 0.1) is 6.92 Å². The summed E-state index contributed by atoms with van der Waals surface area (Å²) < 4.78 is 2.17. The van der Waals surface area contributed by atoms with Gasteiger partial charge in [-0.25, -0.2) is 0 Å². The molecule has 0 amide bonds. The molecule has 5 aromatic rings. The smallest absolute Gasteiger partial charge is 0.196 e. The van der Waals surface area contributed by atoms with Gasteiger partial charge in [0.2, 0.25) is 0 Å². The number of thioether (sulfide) groups is 1. The van der Waals surface area contributed by atoms with Crippen LogP contribution in [0.1, 0.15) is 11.1 Å². The first-order chi connectivity index (χ1) is 14.3. The fourth-order valence-electron chi connectivity index (χ4n) is 3.42. The fraction of sp³-hybridized carbons (Fsp3) is 0.0833. The zero-order valence-electron chi connectivity index (χ0n) is 15.9. The Hall–Kier alpha value is -2.89. The standard InChI is InChI=1S/C24H19N3S2/c1-17-11-13-20(14-12-17)27-23(22-10-5-15-28-22)25-26-24(27)29-16-19-8-4-7-18-6-2-3-9-21(18)19/h2-15H,16H2,1H3. The van der Waals surface area contributed by atoms with Crippen LogP contribution in [0.4, 0.5) is 0 Å². The Balaban J connectivity index is 1.54. The van der Waals surface area contributed by atoms with Gasteiger partial charge < -0.3 is 0 Å². The second-order valence-electron chi connectivity index (χ2n) is 6.88. The Bertz CT molecular complexity index is 1250. The first-order valence-electron chi connectivity index (χ1n) is 9.45. The van der Waals surface area contributed by atoms with Gasteiger partial charge in [-0.3, -0.25) is 4.57 Å². The van der Waals surface area contributed by atoms with E-state index in [1.165, 1.54) is 21.9 Å². The summed E-state index contributed by atoms with van der Waals surface area (Å²) in [6.07, 6.45) is 0. The topological polar surface area (TPSA) is 30.7 Å². The van der Waals surface area contributed by atoms with E-state index in [1.807, 2.05) is 0 Å². The van der Waals surface area contributed by atoms with E-state index in [-0.39, 0.29) is 0 Å². The van der Waals surface area contributed by atoms with Crippen molar-refractivity contribution in [1.82, 2.24) is 14.8 Å². The molecular weight excluding hydrogens is 394 g/mol. The number of fused-ring (bicyclic) bond motifs is 1. The van der Waals surface area contributed by atoms with Crippen molar-refractivity contribution in [3.63, 3.8) is 0 Å². The Morgan fingerprint density at radius 3 is 2.52 bits per heavy atom. The van der Waals surface area contributed by atoms with E-state index >= 15 is 0 Å². The average molecular weight is 414 g/mol. The molecule has 5 rings (SSSR count). The van der Waals surface area contributed by atoms with Crippen molar-refractivity contribution < 1.29 is 0 Å². The third kappa shape index (κ3) is 3.59. The number of aromatic nitrogens is 3. The van der Waals surface area contributed by atoms with Crippen LogP contribution < -0.4 is 0 Å². The molecule has 0 spiro atoms. The van der Waals surface area contributed by atoms with Gasteiger partial charge in [0, 0.05) is 11.4 Å². The minimum absolute atomic E-state index is 0.843. The predicted octanol–water partition coefficient (Wildman–Crippen LogP) is 6.75. The van der Waals surface area contributed by atoms with Crippen molar-refractivity contribution in [3.05, 3.63) is 95.4 Å². The van der Waals surface area contributed by atoms with E-state index in [9.17, 15) is 0 Å². The van der Waals surface area contributed by atoms with E-state index in [0.29, 0.717) is 0 Å². The summed E-state index contributed by atoms with van der Waals surface area (Å²) >= 11 is 3.41. The average Bonchev–Trinajstić information content (AvgIpc) is 3.42. The van der Waals surface area contributed by atoms with Crippen molar-refractivity contribution in [2.24, 2.45) is 0 Å². The quantitative estimate of drug-likeness (QED) is 0.299. The molecule has 142 valence electrons. The molecule has 29 heavy (non-hydrogen) atoms. The molecule has 0 fully saturated rings. The van der Waals surface area contributed by atoms with Crippen molar-refractivity contribution in [3.8, 4) is 16.4 Å². The maximum atomic E-state index is 4.55. The molecule has 0 bridgehead atoms. The van der Waals surface area contributed by atoms with Gasteiger partial charge in [-0.15, -0.1) is 21.5 Å². The lowest BCUT2D eigenvalue weighted by Crippen LogP contribution is -1.99. The van der Waals surface area contributed by atoms with Crippen molar-refractivity contribution in [2.75, 3.05) is 0 Å². The van der Waals surface area contributed by atoms with Crippen molar-refractivity contribution in [1.29, 1.82) is 0 Å². The first kappa shape index (κ1) is 18.2. The molecular formula is C24H19N3S2. The number of aryl methyl sites for hydroxylation is 1. The van der Waals surface area contributed by atoms with E-state index in [4.69, 9.17) is 0 Å². The summed E-state index contributed by atoms with van der Waals surface area (Å²) in [5.74, 6) is 1.74. The zero-order chi connectivity index (χ0) is 19.6. The number of nitrogens with zero attached hydrogens (tertiary/aromatic N) is 3.